The molecule has 26 heavy (non-hydrogen) atoms. The van der Waals surface area contributed by atoms with Gasteiger partial charge in [-0.3, -0.25) is 9.59 Å². The van der Waals surface area contributed by atoms with Crippen molar-refractivity contribution in [2.75, 3.05) is 6.61 Å². The molecule has 9 nitrogen and oxygen atoms in total. The van der Waals surface area contributed by atoms with Gasteiger partial charge in [0.05, 0.1) is 22.1 Å². The maximum Gasteiger partial charge on any atom is 0.230 e. The molecule has 5 N–H and O–H groups in total. The molecule has 2 unspecified atom stereocenters. The number of aliphatic hydroxyl groups is 1. The molecular weight excluding hydrogens is 376 g/mol. The Kier molecular flexibility index (Phi) is 7.23. The number of amides is 2. The second-order valence-electron chi connectivity index (χ2n) is 5.67. The topological polar surface area (TPSA) is 150 Å². The fraction of sp³-hybridized carbons (Fsp3) is 0.533. The minimum Gasteiger partial charge on any atom is -0.396 e. The van der Waals surface area contributed by atoms with Crippen molar-refractivity contribution < 1.29 is 14.7 Å². The highest BCUT2D eigenvalue weighted by Crippen LogP contribution is 2.31. The Morgan fingerprint density at radius 2 is 1.81 bits per heavy atom. The van der Waals surface area contributed by atoms with Crippen molar-refractivity contribution in [1.29, 1.82) is 0 Å². The van der Waals surface area contributed by atoms with Gasteiger partial charge in [0.15, 0.2) is 10.8 Å². The number of aromatic nitrogens is 4. The van der Waals surface area contributed by atoms with Crippen LogP contribution < -0.4 is 11.5 Å². The summed E-state index contributed by atoms with van der Waals surface area (Å²) >= 11 is 2.37. The predicted octanol–water partition coefficient (Wildman–Crippen LogP) is 0.531. The average Bonchev–Trinajstić information content (AvgIpc) is 2.98. The largest absolute Gasteiger partial charge is 0.396 e. The van der Waals surface area contributed by atoms with Crippen LogP contribution >= 0.6 is 23.5 Å². The van der Waals surface area contributed by atoms with Crippen LogP contribution in [0.4, 0.5) is 0 Å². The molecule has 0 radical (unpaired) electrons. The summed E-state index contributed by atoms with van der Waals surface area (Å²) in [5, 5.41) is 14.0. The molecule has 0 saturated carbocycles. The monoisotopic (exact) mass is 398 g/mol. The van der Waals surface area contributed by atoms with Gasteiger partial charge in [-0.15, -0.1) is 0 Å². The van der Waals surface area contributed by atoms with Crippen LogP contribution in [-0.2, 0) is 16.1 Å². The van der Waals surface area contributed by atoms with Crippen LogP contribution in [0.15, 0.2) is 16.4 Å². The first kappa shape index (κ1) is 20.5. The second kappa shape index (κ2) is 9.19. The van der Waals surface area contributed by atoms with Gasteiger partial charge in [0, 0.05) is 13.2 Å². The molecule has 2 atom stereocenters. The summed E-state index contributed by atoms with van der Waals surface area (Å²) in [6, 6.07) is 0. The van der Waals surface area contributed by atoms with Gasteiger partial charge in [-0.2, -0.15) is 5.10 Å². The normalized spacial score (nSPS) is 13.7. The molecule has 0 fully saturated rings. The summed E-state index contributed by atoms with van der Waals surface area (Å²) < 4.78 is 1.73. The van der Waals surface area contributed by atoms with E-state index >= 15 is 0 Å². The Bertz CT molecular complexity index is 797. The van der Waals surface area contributed by atoms with Crippen molar-refractivity contribution in [2.45, 2.75) is 53.9 Å². The molecule has 2 aromatic rings. The van der Waals surface area contributed by atoms with Crippen LogP contribution in [-0.4, -0.2) is 53.8 Å². The van der Waals surface area contributed by atoms with E-state index in [0.717, 1.165) is 18.2 Å². The maximum absolute atomic E-state index is 11.4. The fourth-order valence-corrected chi connectivity index (χ4v) is 3.67. The van der Waals surface area contributed by atoms with E-state index in [0.29, 0.717) is 34.2 Å². The number of fused-ring (bicyclic) bond motifs is 1. The first-order chi connectivity index (χ1) is 12.3. The average molecular weight is 399 g/mol. The standard InChI is InChI=1S/C15H22N6O3S2/c1-8(11(16)23)25-14-10-7-18-21(5-3-4-6-22)13(10)19-15(20-14)26-9(2)12(17)24/h7-9,22H,3-6H2,1-2H3,(H2,16,23)(H2,17,24). The lowest BCUT2D eigenvalue weighted by molar-refractivity contribution is -0.118. The number of carbonyl (C=O) groups is 2. The molecule has 0 aromatic carbocycles. The van der Waals surface area contributed by atoms with Crippen molar-refractivity contribution in [3.8, 4) is 0 Å². The molecule has 0 aliphatic heterocycles. The Hall–Kier alpha value is -1.85. The van der Waals surface area contributed by atoms with E-state index in [9.17, 15) is 9.59 Å². The van der Waals surface area contributed by atoms with Crippen LogP contribution in [0.25, 0.3) is 11.0 Å². The zero-order valence-corrected chi connectivity index (χ0v) is 16.2. The third-order valence-electron chi connectivity index (χ3n) is 3.59. The lowest BCUT2D eigenvalue weighted by Gasteiger charge is -2.11. The van der Waals surface area contributed by atoms with Crippen LogP contribution in [0.3, 0.4) is 0 Å². The van der Waals surface area contributed by atoms with E-state index in [2.05, 4.69) is 15.1 Å². The van der Waals surface area contributed by atoms with E-state index in [4.69, 9.17) is 16.6 Å². The molecule has 0 spiro atoms. The lowest BCUT2D eigenvalue weighted by Crippen LogP contribution is -2.23. The lowest BCUT2D eigenvalue weighted by atomic mass is 10.3. The zero-order chi connectivity index (χ0) is 19.3. The van der Waals surface area contributed by atoms with E-state index in [1.54, 1.807) is 24.7 Å². The summed E-state index contributed by atoms with van der Waals surface area (Å²) in [7, 11) is 0. The van der Waals surface area contributed by atoms with Gasteiger partial charge in [0.1, 0.15) is 5.03 Å². The van der Waals surface area contributed by atoms with Gasteiger partial charge in [-0.05, 0) is 26.7 Å². The molecule has 2 rings (SSSR count). The van der Waals surface area contributed by atoms with Crippen molar-refractivity contribution in [2.24, 2.45) is 11.5 Å². The number of primary amides is 2. The summed E-state index contributed by atoms with van der Waals surface area (Å²) in [5.74, 6) is -0.910. The summed E-state index contributed by atoms with van der Waals surface area (Å²) in [6.45, 7) is 4.08. The van der Waals surface area contributed by atoms with Gasteiger partial charge >= 0.3 is 0 Å². The number of aliphatic hydroxyl groups excluding tert-OH is 1. The molecule has 2 aromatic heterocycles. The van der Waals surface area contributed by atoms with Crippen molar-refractivity contribution in [3.05, 3.63) is 6.20 Å². The van der Waals surface area contributed by atoms with Crippen molar-refractivity contribution >= 4 is 46.4 Å². The van der Waals surface area contributed by atoms with Gasteiger partial charge in [-0.25, -0.2) is 14.6 Å². The molecule has 0 aliphatic carbocycles. The molecular formula is C15H22N6O3S2. The van der Waals surface area contributed by atoms with E-state index in [1.165, 1.54) is 11.8 Å². The zero-order valence-electron chi connectivity index (χ0n) is 14.6. The van der Waals surface area contributed by atoms with Crippen LogP contribution in [0.2, 0.25) is 0 Å². The highest BCUT2D eigenvalue weighted by Gasteiger charge is 2.20. The number of rotatable bonds is 10. The number of unbranched alkanes of at least 4 members (excludes halogenated alkanes) is 1. The first-order valence-corrected chi connectivity index (χ1v) is 9.85. The minimum atomic E-state index is -0.496. The molecule has 0 bridgehead atoms. The smallest absolute Gasteiger partial charge is 0.230 e. The predicted molar refractivity (Wildman–Crippen MR) is 101 cm³/mol. The number of hydrogen-bond donors (Lipinski definition) is 3. The molecule has 2 heterocycles. The van der Waals surface area contributed by atoms with Crippen LogP contribution in [0, 0.1) is 0 Å². The van der Waals surface area contributed by atoms with Gasteiger partial charge < -0.3 is 16.6 Å². The number of carbonyl (C=O) groups excluding carboxylic acids is 2. The summed E-state index contributed by atoms with van der Waals surface area (Å²) in [6.07, 6.45) is 3.06. The molecule has 0 saturated heterocycles. The first-order valence-electron chi connectivity index (χ1n) is 8.09. The van der Waals surface area contributed by atoms with E-state index in [-0.39, 0.29) is 6.61 Å². The number of thioether (sulfide) groups is 2. The summed E-state index contributed by atoms with van der Waals surface area (Å²) in [5.41, 5.74) is 11.3. The summed E-state index contributed by atoms with van der Waals surface area (Å²) in [4.78, 5) is 31.7. The number of nitrogens with two attached hydrogens (primary N) is 2. The minimum absolute atomic E-state index is 0.114. The number of nitrogens with zero attached hydrogens (tertiary/aromatic N) is 4. The molecule has 2 amide bonds. The van der Waals surface area contributed by atoms with E-state index in [1.807, 2.05) is 0 Å². The highest BCUT2D eigenvalue weighted by molar-refractivity contribution is 8.01. The Balaban J connectivity index is 2.42. The van der Waals surface area contributed by atoms with E-state index < -0.39 is 22.3 Å². The Labute approximate surface area is 159 Å². The molecule has 11 heteroatoms. The van der Waals surface area contributed by atoms with Crippen molar-refractivity contribution in [3.63, 3.8) is 0 Å². The highest BCUT2D eigenvalue weighted by atomic mass is 32.2. The van der Waals surface area contributed by atoms with Gasteiger partial charge in [-0.1, -0.05) is 23.5 Å². The maximum atomic E-state index is 11.4. The SMILES string of the molecule is CC(Sc1nc(SC(C)C(N)=O)c2cnn(CCCCO)c2n1)C(N)=O. The number of hydrogen-bond acceptors (Lipinski definition) is 8. The van der Waals surface area contributed by atoms with Gasteiger partial charge in [0.25, 0.3) is 0 Å². The fourth-order valence-electron chi connectivity index (χ4n) is 2.03. The van der Waals surface area contributed by atoms with Gasteiger partial charge in [0.2, 0.25) is 11.8 Å². The Morgan fingerprint density at radius 3 is 2.42 bits per heavy atom. The third kappa shape index (κ3) is 5.08. The Morgan fingerprint density at radius 1 is 1.15 bits per heavy atom. The second-order valence-corrected chi connectivity index (χ2v) is 8.31. The molecule has 142 valence electrons. The van der Waals surface area contributed by atoms with Crippen molar-refractivity contribution in [1.82, 2.24) is 19.7 Å². The number of aryl methyl sites for hydroxylation is 1. The van der Waals surface area contributed by atoms with Crippen LogP contribution in [0.1, 0.15) is 26.7 Å². The van der Waals surface area contributed by atoms with Crippen LogP contribution in [0.5, 0.6) is 0 Å². The quantitative estimate of drug-likeness (QED) is 0.227. The molecule has 0 aliphatic rings. The third-order valence-corrected chi connectivity index (χ3v) is 5.69.